The van der Waals surface area contributed by atoms with Crippen molar-refractivity contribution in [1.82, 2.24) is 5.32 Å². The van der Waals surface area contributed by atoms with E-state index in [9.17, 15) is 15.0 Å². The normalized spacial score (nSPS) is 51.2. The van der Waals surface area contributed by atoms with Crippen LogP contribution in [0.2, 0.25) is 0 Å². The number of rotatable bonds is 1. The Bertz CT molecular complexity index is 561. The van der Waals surface area contributed by atoms with Gasteiger partial charge in [-0.05, 0) is 80.5 Å². The Morgan fingerprint density at radius 3 is 2.44 bits per heavy atom. The molecule has 0 aliphatic heterocycles. The van der Waals surface area contributed by atoms with Crippen LogP contribution in [-0.4, -0.2) is 29.0 Å². The van der Waals surface area contributed by atoms with E-state index in [1.807, 2.05) is 0 Å². The van der Waals surface area contributed by atoms with Crippen molar-refractivity contribution < 1.29 is 15.0 Å². The van der Waals surface area contributed by atoms with Crippen LogP contribution >= 0.6 is 0 Å². The van der Waals surface area contributed by atoms with Crippen LogP contribution in [0.15, 0.2) is 0 Å². The van der Waals surface area contributed by atoms with Gasteiger partial charge in [0, 0.05) is 24.8 Å². The van der Waals surface area contributed by atoms with Crippen molar-refractivity contribution in [2.24, 2.45) is 40.4 Å². The molecule has 4 nitrogen and oxygen atoms in total. The summed E-state index contributed by atoms with van der Waals surface area (Å²) in [4.78, 5) is 12.4. The maximum atomic E-state index is 12.4. The van der Waals surface area contributed by atoms with Crippen LogP contribution < -0.4 is 5.32 Å². The zero-order valence-corrected chi connectivity index (χ0v) is 16.1. The third-order valence-electron chi connectivity index (χ3n) is 9.41. The second kappa shape index (κ2) is 5.69. The van der Waals surface area contributed by atoms with E-state index in [1.54, 1.807) is 7.05 Å². The van der Waals surface area contributed by atoms with Crippen molar-refractivity contribution >= 4 is 5.91 Å². The van der Waals surface area contributed by atoms with E-state index in [4.69, 9.17) is 0 Å². The fourth-order valence-electron chi connectivity index (χ4n) is 7.97. The van der Waals surface area contributed by atoms with E-state index in [0.717, 1.165) is 44.9 Å². The molecule has 142 valence electrons. The summed E-state index contributed by atoms with van der Waals surface area (Å²) in [6.07, 6.45) is 9.14. The van der Waals surface area contributed by atoms with Gasteiger partial charge < -0.3 is 15.5 Å². The molecule has 4 heteroatoms. The van der Waals surface area contributed by atoms with Crippen molar-refractivity contribution in [3.63, 3.8) is 0 Å². The first-order chi connectivity index (χ1) is 11.8. The Hall–Kier alpha value is -0.610. The summed E-state index contributed by atoms with van der Waals surface area (Å²) in [5, 5.41) is 24.8. The van der Waals surface area contributed by atoms with Crippen molar-refractivity contribution in [3.8, 4) is 0 Å². The van der Waals surface area contributed by atoms with Gasteiger partial charge in [-0.2, -0.15) is 0 Å². The predicted octanol–water partition coefficient (Wildman–Crippen LogP) is 3.07. The molecule has 4 rings (SSSR count). The van der Waals surface area contributed by atoms with Gasteiger partial charge in [0.05, 0.1) is 0 Å². The highest BCUT2D eigenvalue weighted by Gasteiger charge is 2.65. The fraction of sp³-hybridized carbons (Fsp3) is 0.952. The first kappa shape index (κ1) is 17.8. The van der Waals surface area contributed by atoms with E-state index in [-0.39, 0.29) is 22.7 Å². The summed E-state index contributed by atoms with van der Waals surface area (Å²) in [7, 11) is 1.75. The summed E-state index contributed by atoms with van der Waals surface area (Å²) in [6, 6.07) is 0. The van der Waals surface area contributed by atoms with Crippen LogP contribution in [0.5, 0.6) is 0 Å². The second-order valence-electron chi connectivity index (χ2n) is 9.93. The Balaban J connectivity index is 1.66. The fourth-order valence-corrected chi connectivity index (χ4v) is 7.97. The van der Waals surface area contributed by atoms with Gasteiger partial charge in [0.25, 0.3) is 0 Å². The molecule has 4 fully saturated rings. The molecule has 4 saturated carbocycles. The van der Waals surface area contributed by atoms with Gasteiger partial charge in [0.2, 0.25) is 5.91 Å². The monoisotopic (exact) mass is 349 g/mol. The van der Waals surface area contributed by atoms with E-state index in [2.05, 4.69) is 19.2 Å². The number of hydrogen-bond donors (Lipinski definition) is 3. The average Bonchev–Trinajstić information content (AvgIpc) is 2.92. The lowest BCUT2D eigenvalue weighted by molar-refractivity contribution is -0.312. The lowest BCUT2D eigenvalue weighted by Crippen LogP contribution is -2.63. The molecular formula is C21H35NO3. The Morgan fingerprint density at radius 1 is 0.960 bits per heavy atom. The predicted molar refractivity (Wildman–Crippen MR) is 96.5 cm³/mol. The van der Waals surface area contributed by atoms with Crippen molar-refractivity contribution in [3.05, 3.63) is 0 Å². The molecule has 7 atom stereocenters. The zero-order chi connectivity index (χ0) is 18.0. The van der Waals surface area contributed by atoms with Crippen LogP contribution in [-0.2, 0) is 4.79 Å². The number of hydrogen-bond acceptors (Lipinski definition) is 3. The molecule has 1 amide bonds. The topological polar surface area (TPSA) is 69.6 Å². The summed E-state index contributed by atoms with van der Waals surface area (Å²) in [6.45, 7) is 4.50. The third-order valence-corrected chi connectivity index (χ3v) is 9.41. The molecule has 25 heavy (non-hydrogen) atoms. The Morgan fingerprint density at radius 2 is 1.72 bits per heavy atom. The van der Waals surface area contributed by atoms with E-state index >= 15 is 0 Å². The Labute approximate surface area is 151 Å². The lowest BCUT2D eigenvalue weighted by Gasteiger charge is -2.63. The van der Waals surface area contributed by atoms with Gasteiger partial charge >= 0.3 is 0 Å². The number of carbonyl (C=O) groups is 1. The van der Waals surface area contributed by atoms with E-state index < -0.39 is 5.79 Å². The molecular weight excluding hydrogens is 314 g/mol. The first-order valence-electron chi connectivity index (χ1n) is 10.4. The van der Waals surface area contributed by atoms with Crippen LogP contribution in [0.25, 0.3) is 0 Å². The smallest absolute Gasteiger partial charge is 0.223 e. The van der Waals surface area contributed by atoms with Crippen molar-refractivity contribution in [1.29, 1.82) is 0 Å². The molecule has 0 radical (unpaired) electrons. The SMILES string of the molecule is CNC(=O)C1CCC2C3CCC4CCCC(O)(O)C4(C)C3CCC12C. The molecule has 7 unspecified atom stereocenters. The average molecular weight is 350 g/mol. The molecule has 3 N–H and O–H groups in total. The highest BCUT2D eigenvalue weighted by Crippen LogP contribution is 2.68. The van der Waals surface area contributed by atoms with Gasteiger partial charge in [-0.15, -0.1) is 0 Å². The molecule has 4 aliphatic rings. The van der Waals surface area contributed by atoms with Gasteiger partial charge in [0.1, 0.15) is 0 Å². The summed E-state index contributed by atoms with van der Waals surface area (Å²) >= 11 is 0. The standard InChI is InChI=1S/C21H35NO3/c1-19-12-10-16-14(15(19)8-9-17(19)18(23)22-3)7-6-13-5-4-11-21(24,25)20(13,16)2/h13-17,24-25H,4-12H2,1-3H3,(H,22,23). The number of fused-ring (bicyclic) bond motifs is 5. The van der Waals surface area contributed by atoms with Crippen LogP contribution in [0, 0.1) is 40.4 Å². The second-order valence-corrected chi connectivity index (χ2v) is 9.93. The highest BCUT2D eigenvalue weighted by molar-refractivity contribution is 5.79. The maximum absolute atomic E-state index is 12.4. The molecule has 0 aromatic rings. The number of amides is 1. The van der Waals surface area contributed by atoms with Crippen molar-refractivity contribution in [2.45, 2.75) is 77.4 Å². The quantitative estimate of drug-likeness (QED) is 0.637. The Kier molecular flexibility index (Phi) is 4.05. The maximum Gasteiger partial charge on any atom is 0.223 e. The minimum atomic E-state index is -1.52. The number of aliphatic hydroxyl groups is 2. The van der Waals surface area contributed by atoms with Gasteiger partial charge in [-0.1, -0.05) is 13.8 Å². The van der Waals surface area contributed by atoms with Crippen LogP contribution in [0.4, 0.5) is 0 Å². The molecule has 0 bridgehead atoms. The number of nitrogens with one attached hydrogen (secondary N) is 1. The van der Waals surface area contributed by atoms with Gasteiger partial charge in [-0.3, -0.25) is 4.79 Å². The summed E-state index contributed by atoms with van der Waals surface area (Å²) < 4.78 is 0. The van der Waals surface area contributed by atoms with Gasteiger partial charge in [0.15, 0.2) is 5.79 Å². The summed E-state index contributed by atoms with van der Waals surface area (Å²) in [5.41, 5.74) is -0.284. The minimum Gasteiger partial charge on any atom is -0.365 e. The molecule has 0 saturated heterocycles. The largest absolute Gasteiger partial charge is 0.365 e. The number of carbonyl (C=O) groups excluding carboxylic acids is 1. The highest BCUT2D eigenvalue weighted by atomic mass is 16.5. The minimum absolute atomic E-state index is 0.0900. The van der Waals surface area contributed by atoms with Crippen LogP contribution in [0.1, 0.15) is 71.6 Å². The van der Waals surface area contributed by atoms with E-state index in [0.29, 0.717) is 30.1 Å². The third kappa shape index (κ3) is 2.22. The molecule has 0 aromatic heterocycles. The zero-order valence-electron chi connectivity index (χ0n) is 16.1. The molecule has 0 heterocycles. The lowest BCUT2D eigenvalue weighted by atomic mass is 9.43. The molecule has 0 aromatic carbocycles. The first-order valence-corrected chi connectivity index (χ1v) is 10.4. The van der Waals surface area contributed by atoms with Gasteiger partial charge in [-0.25, -0.2) is 0 Å². The van der Waals surface area contributed by atoms with Crippen LogP contribution in [0.3, 0.4) is 0 Å². The summed E-state index contributed by atoms with van der Waals surface area (Å²) in [5.74, 6) is 0.760. The van der Waals surface area contributed by atoms with Crippen molar-refractivity contribution in [2.75, 3.05) is 7.05 Å². The molecule has 0 spiro atoms. The van der Waals surface area contributed by atoms with E-state index in [1.165, 1.54) is 6.42 Å². The molecule has 4 aliphatic carbocycles.